The van der Waals surface area contributed by atoms with Crippen LogP contribution in [0, 0.1) is 11.7 Å². The van der Waals surface area contributed by atoms with Gasteiger partial charge in [0, 0.05) is 12.7 Å². The highest BCUT2D eigenvalue weighted by molar-refractivity contribution is 5.77. The Hall–Kier alpha value is -2.47. The van der Waals surface area contributed by atoms with Crippen LogP contribution in [0.5, 0.6) is 11.5 Å². The lowest BCUT2D eigenvalue weighted by molar-refractivity contribution is -0.120. The van der Waals surface area contributed by atoms with Gasteiger partial charge >= 0.3 is 0 Å². The van der Waals surface area contributed by atoms with E-state index in [4.69, 9.17) is 4.74 Å². The van der Waals surface area contributed by atoms with Crippen LogP contribution in [0.2, 0.25) is 0 Å². The van der Waals surface area contributed by atoms with E-state index in [1.54, 1.807) is 30.5 Å². The first kappa shape index (κ1) is 16.4. The summed E-state index contributed by atoms with van der Waals surface area (Å²) in [5.74, 6) is 0.770. The molecule has 0 radical (unpaired) electrons. The maximum atomic E-state index is 14.1. The van der Waals surface area contributed by atoms with Crippen molar-refractivity contribution in [3.05, 3.63) is 54.1 Å². The molecule has 2 N–H and O–H groups in total. The molecule has 1 aromatic heterocycles. The zero-order valence-electron chi connectivity index (χ0n) is 13.3. The number of benzene rings is 1. The van der Waals surface area contributed by atoms with E-state index in [9.17, 15) is 9.18 Å². The lowest BCUT2D eigenvalue weighted by atomic mass is 10.2. The van der Waals surface area contributed by atoms with Crippen molar-refractivity contribution in [1.82, 2.24) is 15.6 Å². The summed E-state index contributed by atoms with van der Waals surface area (Å²) in [6.45, 7) is 1.47. The zero-order chi connectivity index (χ0) is 16.8. The van der Waals surface area contributed by atoms with Crippen LogP contribution in [-0.4, -0.2) is 24.0 Å². The largest absolute Gasteiger partial charge is 0.453 e. The molecule has 1 amide bonds. The van der Waals surface area contributed by atoms with Crippen LogP contribution in [0.4, 0.5) is 4.39 Å². The Balaban J connectivity index is 1.47. The molecule has 24 heavy (non-hydrogen) atoms. The summed E-state index contributed by atoms with van der Waals surface area (Å²) in [5.41, 5.74) is 0.682. The Morgan fingerprint density at radius 1 is 1.33 bits per heavy atom. The molecule has 1 aliphatic rings. The van der Waals surface area contributed by atoms with Crippen LogP contribution in [0.3, 0.4) is 0 Å². The molecule has 0 atom stereocenters. The van der Waals surface area contributed by atoms with Crippen LogP contribution < -0.4 is 15.4 Å². The number of nitrogens with zero attached hydrogens (tertiary/aromatic N) is 1. The normalized spacial score (nSPS) is 13.5. The minimum atomic E-state index is -0.475. The molecule has 0 bridgehead atoms. The van der Waals surface area contributed by atoms with E-state index in [2.05, 4.69) is 15.6 Å². The van der Waals surface area contributed by atoms with E-state index in [0.29, 0.717) is 17.9 Å². The highest BCUT2D eigenvalue weighted by Gasteiger charge is 2.20. The molecule has 5 nitrogen and oxygen atoms in total. The number of aromatic nitrogens is 1. The van der Waals surface area contributed by atoms with Crippen molar-refractivity contribution in [1.29, 1.82) is 0 Å². The lowest BCUT2D eigenvalue weighted by Gasteiger charge is -2.09. The SMILES string of the molecule is O=C(CNCC1CC1)NCc1ccc(Oc2cccnc2)c(F)c1. The number of ether oxygens (including phenoxy) is 1. The molecule has 6 heteroatoms. The second kappa shape index (κ2) is 7.88. The standard InChI is InChI=1S/C18H20FN3O2/c19-16-8-14(10-22-18(23)12-21-9-13-3-4-13)5-6-17(16)24-15-2-1-7-20-11-15/h1-2,5-8,11,13,21H,3-4,9-10,12H2,(H,22,23). The number of pyridine rings is 1. The second-order valence-corrected chi connectivity index (χ2v) is 5.91. The third-order valence-corrected chi connectivity index (χ3v) is 3.76. The Kier molecular flexibility index (Phi) is 5.38. The molecule has 0 spiro atoms. The van der Waals surface area contributed by atoms with Crippen molar-refractivity contribution in [3.8, 4) is 11.5 Å². The van der Waals surface area contributed by atoms with Gasteiger partial charge in [-0.25, -0.2) is 4.39 Å². The number of halogens is 1. The third kappa shape index (κ3) is 5.03. The van der Waals surface area contributed by atoms with E-state index in [1.807, 2.05) is 0 Å². The molecule has 1 fully saturated rings. The first-order chi connectivity index (χ1) is 11.7. The summed E-state index contributed by atoms with van der Waals surface area (Å²) in [7, 11) is 0. The van der Waals surface area contributed by atoms with Gasteiger partial charge in [-0.15, -0.1) is 0 Å². The summed E-state index contributed by atoms with van der Waals surface area (Å²) in [5, 5.41) is 5.89. The molecule has 1 aromatic carbocycles. The fourth-order valence-electron chi connectivity index (χ4n) is 2.25. The molecule has 126 valence electrons. The van der Waals surface area contributed by atoms with Crippen LogP contribution in [-0.2, 0) is 11.3 Å². The van der Waals surface area contributed by atoms with Gasteiger partial charge in [-0.05, 0) is 55.1 Å². The van der Waals surface area contributed by atoms with Gasteiger partial charge < -0.3 is 15.4 Å². The van der Waals surface area contributed by atoms with Gasteiger partial charge in [0.2, 0.25) is 5.91 Å². The maximum absolute atomic E-state index is 14.1. The first-order valence-electron chi connectivity index (χ1n) is 8.04. The molecule has 0 aliphatic heterocycles. The average Bonchev–Trinajstić information content (AvgIpc) is 3.40. The molecule has 1 saturated carbocycles. The average molecular weight is 329 g/mol. The molecule has 0 saturated heterocycles. The minimum Gasteiger partial charge on any atom is -0.453 e. The Morgan fingerprint density at radius 3 is 2.92 bits per heavy atom. The molecular formula is C18H20FN3O2. The van der Waals surface area contributed by atoms with Gasteiger partial charge in [-0.1, -0.05) is 6.07 Å². The summed E-state index contributed by atoms with van der Waals surface area (Å²) < 4.78 is 19.5. The number of amides is 1. The van der Waals surface area contributed by atoms with Crippen LogP contribution >= 0.6 is 0 Å². The predicted octanol–water partition coefficient (Wildman–Crippen LogP) is 2.63. The van der Waals surface area contributed by atoms with Crippen molar-refractivity contribution in [3.63, 3.8) is 0 Å². The highest BCUT2D eigenvalue weighted by atomic mass is 19.1. The highest BCUT2D eigenvalue weighted by Crippen LogP contribution is 2.27. The molecule has 3 rings (SSSR count). The monoisotopic (exact) mass is 329 g/mol. The third-order valence-electron chi connectivity index (χ3n) is 3.76. The molecule has 2 aromatic rings. The van der Waals surface area contributed by atoms with Gasteiger partial charge in [-0.3, -0.25) is 9.78 Å². The quantitative estimate of drug-likeness (QED) is 0.781. The number of carbonyl (C=O) groups is 1. The Labute approximate surface area is 140 Å². The summed E-state index contributed by atoms with van der Waals surface area (Å²) in [6.07, 6.45) is 5.64. The van der Waals surface area contributed by atoms with E-state index in [1.165, 1.54) is 25.1 Å². The summed E-state index contributed by atoms with van der Waals surface area (Å²) >= 11 is 0. The minimum absolute atomic E-state index is 0.0910. The number of hydrogen-bond donors (Lipinski definition) is 2. The van der Waals surface area contributed by atoms with Gasteiger partial charge in [0.15, 0.2) is 11.6 Å². The summed E-state index contributed by atoms with van der Waals surface area (Å²) in [4.78, 5) is 15.6. The van der Waals surface area contributed by atoms with Crippen molar-refractivity contribution in [2.24, 2.45) is 5.92 Å². The van der Waals surface area contributed by atoms with E-state index in [-0.39, 0.29) is 18.2 Å². The number of hydrogen-bond acceptors (Lipinski definition) is 4. The van der Waals surface area contributed by atoms with Gasteiger partial charge in [0.05, 0.1) is 12.7 Å². The van der Waals surface area contributed by atoms with Gasteiger partial charge in [0.25, 0.3) is 0 Å². The Morgan fingerprint density at radius 2 is 2.21 bits per heavy atom. The van der Waals surface area contributed by atoms with Gasteiger partial charge in [0.1, 0.15) is 5.75 Å². The van der Waals surface area contributed by atoms with E-state index < -0.39 is 5.82 Å². The van der Waals surface area contributed by atoms with Crippen molar-refractivity contribution >= 4 is 5.91 Å². The molecular weight excluding hydrogens is 309 g/mol. The van der Waals surface area contributed by atoms with Crippen molar-refractivity contribution in [2.75, 3.05) is 13.1 Å². The molecule has 1 aliphatic carbocycles. The van der Waals surface area contributed by atoms with E-state index in [0.717, 1.165) is 12.5 Å². The van der Waals surface area contributed by atoms with Crippen molar-refractivity contribution < 1.29 is 13.9 Å². The van der Waals surface area contributed by atoms with Crippen molar-refractivity contribution in [2.45, 2.75) is 19.4 Å². The lowest BCUT2D eigenvalue weighted by Crippen LogP contribution is -2.34. The summed E-state index contributed by atoms with van der Waals surface area (Å²) in [6, 6.07) is 8.06. The maximum Gasteiger partial charge on any atom is 0.234 e. The topological polar surface area (TPSA) is 63.2 Å². The zero-order valence-corrected chi connectivity index (χ0v) is 13.3. The number of nitrogens with one attached hydrogen (secondary N) is 2. The second-order valence-electron chi connectivity index (χ2n) is 5.91. The van der Waals surface area contributed by atoms with Crippen LogP contribution in [0.15, 0.2) is 42.7 Å². The smallest absolute Gasteiger partial charge is 0.234 e. The van der Waals surface area contributed by atoms with Crippen LogP contribution in [0.25, 0.3) is 0 Å². The molecule has 1 heterocycles. The number of rotatable bonds is 8. The van der Waals surface area contributed by atoms with Gasteiger partial charge in [-0.2, -0.15) is 0 Å². The van der Waals surface area contributed by atoms with Crippen LogP contribution in [0.1, 0.15) is 18.4 Å². The molecule has 0 unspecified atom stereocenters. The Bertz CT molecular complexity index is 690. The fraction of sp³-hybridized carbons (Fsp3) is 0.333. The predicted molar refractivity (Wildman–Crippen MR) is 88.2 cm³/mol. The van der Waals surface area contributed by atoms with E-state index >= 15 is 0 Å². The number of carbonyl (C=O) groups excluding carboxylic acids is 1. The first-order valence-corrected chi connectivity index (χ1v) is 8.04. The fourth-order valence-corrected chi connectivity index (χ4v) is 2.25.